The first-order valence-corrected chi connectivity index (χ1v) is 10.9. The zero-order chi connectivity index (χ0) is 19.8. The second-order valence-electron chi connectivity index (χ2n) is 7.20. The molecule has 0 radical (unpaired) electrons. The fraction of sp³-hybridized carbons (Fsp3) is 0.571. The highest BCUT2D eigenvalue weighted by Gasteiger charge is 2.21. The number of carbonyl (C=O) groups excluding carboxylic acids is 1. The highest BCUT2D eigenvalue weighted by molar-refractivity contribution is 7.09. The number of hydrogen-bond acceptors (Lipinski definition) is 6. The van der Waals surface area contributed by atoms with Crippen molar-refractivity contribution in [3.63, 3.8) is 0 Å². The van der Waals surface area contributed by atoms with Gasteiger partial charge in [0.05, 0.1) is 7.11 Å². The molecule has 3 rings (SSSR count). The topological polar surface area (TPSA) is 58.6 Å². The molecule has 1 saturated heterocycles. The summed E-state index contributed by atoms with van der Waals surface area (Å²) in [6, 6.07) is 8.02. The summed E-state index contributed by atoms with van der Waals surface area (Å²) in [5.41, 5.74) is 1.14. The van der Waals surface area contributed by atoms with Crippen LogP contribution >= 0.6 is 11.5 Å². The van der Waals surface area contributed by atoms with Crippen LogP contribution in [0, 0.1) is 0 Å². The van der Waals surface area contributed by atoms with Crippen LogP contribution in [-0.2, 0) is 11.2 Å². The quantitative estimate of drug-likeness (QED) is 0.629. The number of anilines is 1. The van der Waals surface area contributed by atoms with Gasteiger partial charge in [-0.1, -0.05) is 31.9 Å². The number of amides is 1. The molecule has 0 aliphatic carbocycles. The van der Waals surface area contributed by atoms with Crippen molar-refractivity contribution < 1.29 is 9.53 Å². The molecule has 0 saturated carbocycles. The molecule has 28 heavy (non-hydrogen) atoms. The van der Waals surface area contributed by atoms with Gasteiger partial charge in [0.2, 0.25) is 11.0 Å². The van der Waals surface area contributed by atoms with Crippen LogP contribution in [0.3, 0.4) is 0 Å². The van der Waals surface area contributed by atoms with Gasteiger partial charge >= 0.3 is 0 Å². The third-order valence-corrected chi connectivity index (χ3v) is 5.88. The van der Waals surface area contributed by atoms with E-state index in [1.807, 2.05) is 23.1 Å². The smallest absolute Gasteiger partial charge is 0.222 e. The summed E-state index contributed by atoms with van der Waals surface area (Å²) in [6.07, 6.45) is 5.63. The molecule has 1 amide bonds. The Hall–Kier alpha value is -2.15. The van der Waals surface area contributed by atoms with Gasteiger partial charge in [-0.15, -0.1) is 0 Å². The third-order valence-electron chi connectivity index (χ3n) is 5.07. The molecule has 1 aromatic carbocycles. The summed E-state index contributed by atoms with van der Waals surface area (Å²) < 4.78 is 9.83. The molecular weight excluding hydrogens is 372 g/mol. The number of aromatic nitrogens is 2. The van der Waals surface area contributed by atoms with E-state index in [1.54, 1.807) is 7.11 Å². The maximum Gasteiger partial charge on any atom is 0.222 e. The first-order valence-electron chi connectivity index (χ1n) is 10.2. The molecule has 1 aromatic heterocycles. The van der Waals surface area contributed by atoms with Gasteiger partial charge < -0.3 is 14.5 Å². The van der Waals surface area contributed by atoms with Crippen molar-refractivity contribution in [2.75, 3.05) is 38.2 Å². The molecule has 7 heteroatoms. The standard InChI is InChI=1S/C21H30N4O2S/c1-3-4-5-10-20(26)24-11-7-12-25(14-13-24)21-22-19(23-28-21)16-17-8-6-9-18(15-17)27-2/h6,8-9,15H,3-5,7,10-14,16H2,1-2H3. The van der Waals surface area contributed by atoms with E-state index in [0.717, 1.165) is 74.1 Å². The monoisotopic (exact) mass is 402 g/mol. The van der Waals surface area contributed by atoms with Crippen LogP contribution in [0.5, 0.6) is 5.75 Å². The molecule has 1 fully saturated rings. The van der Waals surface area contributed by atoms with E-state index in [-0.39, 0.29) is 0 Å². The van der Waals surface area contributed by atoms with Crippen molar-refractivity contribution >= 4 is 22.6 Å². The molecule has 2 heterocycles. The lowest BCUT2D eigenvalue weighted by molar-refractivity contribution is -0.131. The number of carbonyl (C=O) groups is 1. The molecule has 2 aromatic rings. The minimum absolute atomic E-state index is 0.297. The van der Waals surface area contributed by atoms with Crippen LogP contribution in [0.1, 0.15) is 50.4 Å². The van der Waals surface area contributed by atoms with E-state index >= 15 is 0 Å². The van der Waals surface area contributed by atoms with E-state index in [2.05, 4.69) is 22.3 Å². The Kier molecular flexibility index (Phi) is 7.65. The van der Waals surface area contributed by atoms with Crippen molar-refractivity contribution in [3.8, 4) is 5.75 Å². The maximum absolute atomic E-state index is 12.4. The summed E-state index contributed by atoms with van der Waals surface area (Å²) >= 11 is 1.45. The van der Waals surface area contributed by atoms with Crippen LogP contribution in [0.15, 0.2) is 24.3 Å². The Balaban J connectivity index is 1.55. The van der Waals surface area contributed by atoms with E-state index in [4.69, 9.17) is 9.72 Å². The summed E-state index contributed by atoms with van der Waals surface area (Å²) in [7, 11) is 1.68. The SMILES string of the molecule is CCCCCC(=O)N1CCCN(c2nc(Cc3cccc(OC)c3)ns2)CC1. The molecule has 0 unspecified atom stereocenters. The van der Waals surface area contributed by atoms with Crippen LogP contribution in [0.2, 0.25) is 0 Å². The van der Waals surface area contributed by atoms with Gasteiger partial charge in [0.15, 0.2) is 0 Å². The minimum Gasteiger partial charge on any atom is -0.497 e. The largest absolute Gasteiger partial charge is 0.497 e. The molecule has 1 aliphatic rings. The number of methoxy groups -OCH3 is 1. The Bertz CT molecular complexity index is 764. The lowest BCUT2D eigenvalue weighted by Crippen LogP contribution is -2.35. The number of nitrogens with zero attached hydrogens (tertiary/aromatic N) is 4. The molecule has 0 spiro atoms. The van der Waals surface area contributed by atoms with Gasteiger partial charge in [0.25, 0.3) is 0 Å². The summed E-state index contributed by atoms with van der Waals surface area (Å²) in [5, 5.41) is 0.957. The van der Waals surface area contributed by atoms with Crippen molar-refractivity contribution in [2.45, 2.75) is 45.4 Å². The lowest BCUT2D eigenvalue weighted by atomic mass is 10.1. The first kappa shape index (κ1) is 20.6. The predicted octanol–water partition coefficient (Wildman–Crippen LogP) is 3.76. The summed E-state index contributed by atoms with van der Waals surface area (Å²) in [6.45, 7) is 5.53. The summed E-state index contributed by atoms with van der Waals surface area (Å²) in [4.78, 5) is 21.4. The van der Waals surface area contributed by atoms with Crippen molar-refractivity contribution in [3.05, 3.63) is 35.7 Å². The Morgan fingerprint density at radius 1 is 1.21 bits per heavy atom. The number of hydrogen-bond donors (Lipinski definition) is 0. The zero-order valence-corrected chi connectivity index (χ0v) is 17.7. The fourth-order valence-corrected chi connectivity index (χ4v) is 4.19. The highest BCUT2D eigenvalue weighted by atomic mass is 32.1. The molecule has 1 aliphatic heterocycles. The average Bonchev–Trinajstić information content (AvgIpc) is 3.03. The van der Waals surface area contributed by atoms with Crippen molar-refractivity contribution in [1.29, 1.82) is 0 Å². The van der Waals surface area contributed by atoms with Crippen LogP contribution in [-0.4, -0.2) is 53.5 Å². The van der Waals surface area contributed by atoms with Crippen LogP contribution in [0.4, 0.5) is 5.13 Å². The normalized spacial score (nSPS) is 14.8. The zero-order valence-electron chi connectivity index (χ0n) is 16.9. The van der Waals surface area contributed by atoms with Gasteiger partial charge in [0, 0.05) is 50.6 Å². The van der Waals surface area contributed by atoms with E-state index in [9.17, 15) is 4.79 Å². The molecule has 6 nitrogen and oxygen atoms in total. The fourth-order valence-electron chi connectivity index (χ4n) is 3.45. The van der Waals surface area contributed by atoms with Crippen molar-refractivity contribution in [1.82, 2.24) is 14.3 Å². The molecule has 0 N–H and O–H groups in total. The van der Waals surface area contributed by atoms with Crippen LogP contribution < -0.4 is 9.64 Å². The van der Waals surface area contributed by atoms with Gasteiger partial charge in [-0.2, -0.15) is 4.37 Å². The number of rotatable bonds is 8. The van der Waals surface area contributed by atoms with Gasteiger partial charge in [-0.3, -0.25) is 4.79 Å². The lowest BCUT2D eigenvalue weighted by Gasteiger charge is -2.21. The Labute approximate surface area is 171 Å². The highest BCUT2D eigenvalue weighted by Crippen LogP contribution is 2.22. The first-order chi connectivity index (χ1) is 13.7. The third kappa shape index (κ3) is 5.67. The minimum atomic E-state index is 0.297. The predicted molar refractivity (Wildman–Crippen MR) is 113 cm³/mol. The molecule has 152 valence electrons. The molecular formula is C21H30N4O2S. The summed E-state index contributed by atoms with van der Waals surface area (Å²) in [5.74, 6) is 1.99. The van der Waals surface area contributed by atoms with Crippen LogP contribution in [0.25, 0.3) is 0 Å². The Morgan fingerprint density at radius 2 is 2.11 bits per heavy atom. The van der Waals surface area contributed by atoms with Gasteiger partial charge in [-0.25, -0.2) is 4.98 Å². The van der Waals surface area contributed by atoms with Gasteiger partial charge in [0.1, 0.15) is 11.6 Å². The van der Waals surface area contributed by atoms with Gasteiger partial charge in [-0.05, 0) is 30.5 Å². The molecule has 0 atom stereocenters. The molecule has 0 bridgehead atoms. The average molecular weight is 403 g/mol. The number of ether oxygens (including phenoxy) is 1. The second-order valence-corrected chi connectivity index (χ2v) is 7.93. The van der Waals surface area contributed by atoms with Crippen molar-refractivity contribution in [2.24, 2.45) is 0 Å². The number of unbranched alkanes of at least 4 members (excludes halogenated alkanes) is 2. The van der Waals surface area contributed by atoms with E-state index in [0.29, 0.717) is 18.7 Å². The second kappa shape index (κ2) is 10.4. The number of benzene rings is 1. The maximum atomic E-state index is 12.4. The van der Waals surface area contributed by atoms with E-state index in [1.165, 1.54) is 11.5 Å². The van der Waals surface area contributed by atoms with E-state index < -0.39 is 0 Å². The Morgan fingerprint density at radius 3 is 2.93 bits per heavy atom.